The van der Waals surface area contributed by atoms with Gasteiger partial charge in [-0.3, -0.25) is 10.1 Å². The van der Waals surface area contributed by atoms with Gasteiger partial charge in [-0.05, 0) is 24.3 Å². The molecule has 0 aliphatic rings. The summed E-state index contributed by atoms with van der Waals surface area (Å²) in [5.74, 6) is 0.309. The first-order chi connectivity index (χ1) is 11.2. The van der Waals surface area contributed by atoms with Crippen molar-refractivity contribution >= 4 is 35.3 Å². The second kappa shape index (κ2) is 7.30. The van der Waals surface area contributed by atoms with Gasteiger partial charge in [0.1, 0.15) is 0 Å². The summed E-state index contributed by atoms with van der Waals surface area (Å²) in [6, 6.07) is 16.9. The Bertz CT molecular complexity index is 808. The summed E-state index contributed by atoms with van der Waals surface area (Å²) < 4.78 is 5.43. The van der Waals surface area contributed by atoms with Crippen molar-refractivity contribution in [2.24, 2.45) is 0 Å². The van der Waals surface area contributed by atoms with E-state index in [2.05, 4.69) is 15.5 Å². The molecule has 0 saturated carbocycles. The first-order valence-corrected chi connectivity index (χ1v) is 8.15. The fraction of sp³-hybridized carbons (Fsp3) is 0.0625. The van der Waals surface area contributed by atoms with Crippen LogP contribution in [0.25, 0.3) is 11.5 Å². The molecule has 1 N–H and O–H groups in total. The van der Waals surface area contributed by atoms with Gasteiger partial charge in [-0.25, -0.2) is 0 Å². The van der Waals surface area contributed by atoms with Crippen LogP contribution in [-0.4, -0.2) is 21.9 Å². The molecule has 0 fully saturated rings. The van der Waals surface area contributed by atoms with Crippen LogP contribution in [0.5, 0.6) is 0 Å². The van der Waals surface area contributed by atoms with E-state index in [0.29, 0.717) is 10.6 Å². The molecule has 23 heavy (non-hydrogen) atoms. The summed E-state index contributed by atoms with van der Waals surface area (Å²) in [4.78, 5) is 12.9. The topological polar surface area (TPSA) is 68.0 Å². The van der Waals surface area contributed by atoms with Gasteiger partial charge >= 0.3 is 6.01 Å². The lowest BCUT2D eigenvalue weighted by Crippen LogP contribution is -2.14. The molecule has 1 aromatic heterocycles. The second-order valence-corrected chi connectivity index (χ2v) is 6.00. The van der Waals surface area contributed by atoms with Gasteiger partial charge in [0.2, 0.25) is 5.91 Å². The van der Waals surface area contributed by atoms with Crippen molar-refractivity contribution in [2.45, 2.75) is 4.90 Å². The molecular weight excluding hydrogens is 334 g/mol. The Morgan fingerprint density at radius 1 is 1.09 bits per heavy atom. The molecule has 3 aromatic rings. The third-order valence-corrected chi connectivity index (χ3v) is 4.23. The van der Waals surface area contributed by atoms with Crippen LogP contribution in [0.4, 0.5) is 6.01 Å². The van der Waals surface area contributed by atoms with E-state index in [1.54, 1.807) is 12.1 Å². The van der Waals surface area contributed by atoms with Crippen molar-refractivity contribution in [2.75, 3.05) is 11.1 Å². The molecule has 0 saturated heterocycles. The molecule has 0 atom stereocenters. The van der Waals surface area contributed by atoms with E-state index in [4.69, 9.17) is 16.0 Å². The summed E-state index contributed by atoms with van der Waals surface area (Å²) in [6.45, 7) is 0. The van der Waals surface area contributed by atoms with Crippen molar-refractivity contribution in [3.05, 3.63) is 59.6 Å². The summed E-state index contributed by atoms with van der Waals surface area (Å²) in [5, 5.41) is 10.8. The lowest BCUT2D eigenvalue weighted by molar-refractivity contribution is -0.113. The van der Waals surface area contributed by atoms with E-state index in [-0.39, 0.29) is 23.6 Å². The fourth-order valence-electron chi connectivity index (χ4n) is 1.84. The maximum atomic E-state index is 11.9. The molecular formula is C16H12ClN3O2S. The quantitative estimate of drug-likeness (QED) is 0.704. The van der Waals surface area contributed by atoms with Gasteiger partial charge in [0, 0.05) is 4.90 Å². The first kappa shape index (κ1) is 15.6. The van der Waals surface area contributed by atoms with Gasteiger partial charge in [-0.2, -0.15) is 0 Å². The molecule has 0 aliphatic heterocycles. The molecule has 116 valence electrons. The highest BCUT2D eigenvalue weighted by molar-refractivity contribution is 8.00. The highest BCUT2D eigenvalue weighted by Gasteiger charge is 2.13. The maximum Gasteiger partial charge on any atom is 0.322 e. The Kier molecular flexibility index (Phi) is 4.95. The van der Waals surface area contributed by atoms with Crippen LogP contribution in [0.2, 0.25) is 5.02 Å². The van der Waals surface area contributed by atoms with Crippen LogP contribution < -0.4 is 5.32 Å². The minimum Gasteiger partial charge on any atom is -0.403 e. The monoisotopic (exact) mass is 345 g/mol. The molecule has 5 nitrogen and oxygen atoms in total. The van der Waals surface area contributed by atoms with Crippen molar-refractivity contribution in [3.8, 4) is 11.5 Å². The smallest absolute Gasteiger partial charge is 0.322 e. The first-order valence-electron chi connectivity index (χ1n) is 6.78. The third kappa shape index (κ3) is 4.12. The summed E-state index contributed by atoms with van der Waals surface area (Å²) >= 11 is 7.50. The number of thioether (sulfide) groups is 1. The molecule has 1 heterocycles. The number of benzene rings is 2. The van der Waals surface area contributed by atoms with Crippen molar-refractivity contribution in [1.82, 2.24) is 10.2 Å². The van der Waals surface area contributed by atoms with Crippen LogP contribution in [0.15, 0.2) is 63.9 Å². The maximum absolute atomic E-state index is 11.9. The van der Waals surface area contributed by atoms with Gasteiger partial charge in [-0.1, -0.05) is 47.0 Å². The summed E-state index contributed by atoms with van der Waals surface area (Å²) in [6.07, 6.45) is 0. The summed E-state index contributed by atoms with van der Waals surface area (Å²) in [7, 11) is 0. The predicted octanol–water partition coefficient (Wildman–Crippen LogP) is 4.12. The second-order valence-electron chi connectivity index (χ2n) is 4.54. The molecule has 0 radical (unpaired) electrons. The zero-order valence-corrected chi connectivity index (χ0v) is 13.5. The van der Waals surface area contributed by atoms with Crippen LogP contribution in [0.3, 0.4) is 0 Å². The number of anilines is 1. The standard InChI is InChI=1S/C16H12ClN3O2S/c17-13-9-5-4-8-12(13)15-19-20-16(22-15)18-14(21)10-23-11-6-2-1-3-7-11/h1-9H,10H2,(H,18,20,21). The largest absolute Gasteiger partial charge is 0.403 e. The van der Waals surface area contributed by atoms with E-state index in [1.807, 2.05) is 42.5 Å². The minimum absolute atomic E-state index is 0.0542. The normalized spacial score (nSPS) is 10.5. The van der Waals surface area contributed by atoms with Crippen LogP contribution in [0.1, 0.15) is 0 Å². The van der Waals surface area contributed by atoms with Gasteiger partial charge < -0.3 is 4.42 Å². The molecule has 0 spiro atoms. The molecule has 0 aliphatic carbocycles. The van der Waals surface area contributed by atoms with Crippen LogP contribution >= 0.6 is 23.4 Å². The number of aromatic nitrogens is 2. The number of rotatable bonds is 5. The highest BCUT2D eigenvalue weighted by Crippen LogP contribution is 2.27. The third-order valence-electron chi connectivity index (χ3n) is 2.89. The molecule has 7 heteroatoms. The Labute approximate surface area is 142 Å². The molecule has 0 bridgehead atoms. The minimum atomic E-state index is -0.215. The zero-order valence-electron chi connectivity index (χ0n) is 11.9. The van der Waals surface area contributed by atoms with E-state index in [9.17, 15) is 4.79 Å². The van der Waals surface area contributed by atoms with Crippen LogP contribution in [-0.2, 0) is 4.79 Å². The Morgan fingerprint density at radius 3 is 2.61 bits per heavy atom. The number of amides is 1. The van der Waals surface area contributed by atoms with Gasteiger partial charge in [-0.15, -0.1) is 16.9 Å². The van der Waals surface area contributed by atoms with Gasteiger partial charge in [0.05, 0.1) is 16.3 Å². The summed E-state index contributed by atoms with van der Waals surface area (Å²) in [5.41, 5.74) is 0.626. The Hall–Kier alpha value is -2.31. The average Bonchev–Trinajstić information content (AvgIpc) is 3.02. The van der Waals surface area contributed by atoms with Crippen molar-refractivity contribution in [1.29, 1.82) is 0 Å². The van der Waals surface area contributed by atoms with Gasteiger partial charge in [0.15, 0.2) is 0 Å². The Morgan fingerprint density at radius 2 is 1.83 bits per heavy atom. The number of carbonyl (C=O) groups excluding carboxylic acids is 1. The van der Waals surface area contributed by atoms with Crippen molar-refractivity contribution in [3.63, 3.8) is 0 Å². The molecule has 0 unspecified atom stereocenters. The average molecular weight is 346 g/mol. The lowest BCUT2D eigenvalue weighted by atomic mass is 10.2. The number of carbonyl (C=O) groups is 1. The lowest BCUT2D eigenvalue weighted by Gasteiger charge is -2.01. The zero-order chi connectivity index (χ0) is 16.1. The van der Waals surface area contributed by atoms with E-state index < -0.39 is 0 Å². The van der Waals surface area contributed by atoms with E-state index in [1.165, 1.54) is 11.8 Å². The number of hydrogen-bond acceptors (Lipinski definition) is 5. The SMILES string of the molecule is O=C(CSc1ccccc1)Nc1nnc(-c2ccccc2Cl)o1. The molecule has 2 aromatic carbocycles. The number of nitrogens with zero attached hydrogens (tertiary/aromatic N) is 2. The van der Waals surface area contributed by atoms with Crippen LogP contribution in [0, 0.1) is 0 Å². The Balaban J connectivity index is 1.61. The number of nitrogens with one attached hydrogen (secondary N) is 1. The predicted molar refractivity (Wildman–Crippen MR) is 90.5 cm³/mol. The van der Waals surface area contributed by atoms with E-state index in [0.717, 1.165) is 4.90 Å². The number of hydrogen-bond donors (Lipinski definition) is 1. The van der Waals surface area contributed by atoms with Crippen molar-refractivity contribution < 1.29 is 9.21 Å². The highest BCUT2D eigenvalue weighted by atomic mass is 35.5. The number of halogens is 1. The van der Waals surface area contributed by atoms with Gasteiger partial charge in [0.25, 0.3) is 5.89 Å². The molecule has 1 amide bonds. The molecule has 3 rings (SSSR count). The van der Waals surface area contributed by atoms with E-state index >= 15 is 0 Å². The fourth-order valence-corrected chi connectivity index (χ4v) is 2.77.